The van der Waals surface area contributed by atoms with Gasteiger partial charge in [0.2, 0.25) is 0 Å². The van der Waals surface area contributed by atoms with E-state index in [1.165, 1.54) is 16.6 Å². The van der Waals surface area contributed by atoms with Crippen molar-refractivity contribution < 1.29 is 0 Å². The van der Waals surface area contributed by atoms with Crippen molar-refractivity contribution in [2.45, 2.75) is 13.0 Å². The van der Waals surface area contributed by atoms with Gasteiger partial charge in [0.1, 0.15) is 0 Å². The van der Waals surface area contributed by atoms with Crippen LogP contribution in [-0.4, -0.2) is 15.8 Å². The van der Waals surface area contributed by atoms with Crippen molar-refractivity contribution in [2.24, 2.45) is 0 Å². The number of aromatic amines is 1. The molecule has 2 N–H and O–H groups in total. The molecule has 0 saturated heterocycles. The minimum absolute atomic E-state index is 0.552. The Hall–Kier alpha value is -1.04. The maximum Gasteiger partial charge on any atom is 0.0613 e. The smallest absolute Gasteiger partial charge is 0.0613 e. The third-order valence-corrected chi connectivity index (χ3v) is 5.99. The highest BCUT2D eigenvalue weighted by Crippen LogP contribution is 2.32. The average molecular weight is 399 g/mol. The van der Waals surface area contributed by atoms with Gasteiger partial charge in [-0.2, -0.15) is 0 Å². The molecule has 0 atom stereocenters. The van der Waals surface area contributed by atoms with E-state index in [0.717, 1.165) is 35.7 Å². The molecule has 3 aromatic rings. The first-order valence-corrected chi connectivity index (χ1v) is 9.43. The highest BCUT2D eigenvalue weighted by Gasteiger charge is 2.21. The van der Waals surface area contributed by atoms with Gasteiger partial charge in [0.25, 0.3) is 0 Å². The Labute approximate surface area is 159 Å². The van der Waals surface area contributed by atoms with Crippen molar-refractivity contribution in [3.8, 4) is 0 Å². The van der Waals surface area contributed by atoms with Crippen LogP contribution in [0.3, 0.4) is 0 Å². The van der Waals surface area contributed by atoms with Gasteiger partial charge in [0.15, 0.2) is 0 Å². The molecule has 4 rings (SSSR count). The zero-order chi connectivity index (χ0) is 16.7. The Morgan fingerprint density at radius 1 is 1.04 bits per heavy atom. The van der Waals surface area contributed by atoms with Crippen molar-refractivity contribution in [2.75, 3.05) is 11.3 Å². The Morgan fingerprint density at radius 3 is 2.75 bits per heavy atom. The molecule has 7 heteroatoms. The summed E-state index contributed by atoms with van der Waals surface area (Å²) >= 11 is 19.7. The van der Waals surface area contributed by atoms with Gasteiger partial charge in [-0.15, -0.1) is 0 Å². The van der Waals surface area contributed by atoms with Crippen LogP contribution < -0.4 is 4.72 Å². The summed E-state index contributed by atoms with van der Waals surface area (Å²) in [6.07, 6.45) is 0.992. The summed E-state index contributed by atoms with van der Waals surface area (Å²) in [7, 11) is 0. The van der Waals surface area contributed by atoms with Crippen molar-refractivity contribution in [1.82, 2.24) is 9.29 Å². The summed E-state index contributed by atoms with van der Waals surface area (Å²) in [5, 5.41) is 3.13. The van der Waals surface area contributed by atoms with E-state index in [-0.39, 0.29) is 0 Å². The predicted octanol–water partition coefficient (Wildman–Crippen LogP) is 6.16. The molecule has 0 unspecified atom stereocenters. The highest BCUT2D eigenvalue weighted by atomic mass is 35.5. The second-order valence-electron chi connectivity index (χ2n) is 5.71. The molecule has 0 aliphatic carbocycles. The van der Waals surface area contributed by atoms with Crippen LogP contribution in [-0.2, 0) is 13.0 Å². The van der Waals surface area contributed by atoms with E-state index in [1.807, 2.05) is 30.3 Å². The highest BCUT2D eigenvalue weighted by molar-refractivity contribution is 7.98. The lowest BCUT2D eigenvalue weighted by molar-refractivity contribution is 0.441. The van der Waals surface area contributed by atoms with Crippen LogP contribution >= 0.6 is 46.9 Å². The van der Waals surface area contributed by atoms with Crippen LogP contribution in [0.2, 0.25) is 15.1 Å². The van der Waals surface area contributed by atoms with Crippen molar-refractivity contribution >= 4 is 63.5 Å². The van der Waals surface area contributed by atoms with Crippen LogP contribution in [0.4, 0.5) is 5.69 Å². The quantitative estimate of drug-likeness (QED) is 0.518. The third kappa shape index (κ3) is 3.22. The fourth-order valence-corrected chi connectivity index (χ4v) is 4.15. The molecule has 1 aromatic heterocycles. The number of rotatable bonds is 3. The van der Waals surface area contributed by atoms with Crippen molar-refractivity contribution in [3.05, 3.63) is 62.7 Å². The van der Waals surface area contributed by atoms with Crippen molar-refractivity contribution in [1.29, 1.82) is 0 Å². The molecule has 0 radical (unpaired) electrons. The van der Waals surface area contributed by atoms with Gasteiger partial charge in [-0.05, 0) is 48.4 Å². The van der Waals surface area contributed by atoms with Crippen LogP contribution in [0, 0.1) is 0 Å². The first-order chi connectivity index (χ1) is 11.6. The van der Waals surface area contributed by atoms with E-state index in [0.29, 0.717) is 10.0 Å². The summed E-state index contributed by atoms with van der Waals surface area (Å²) in [6.45, 7) is 1.81. The van der Waals surface area contributed by atoms with Crippen LogP contribution in [0.1, 0.15) is 11.3 Å². The summed E-state index contributed by atoms with van der Waals surface area (Å²) in [6, 6.07) is 11.6. The SMILES string of the molecule is Clc1ccc2[nH]c3c(c2c1)CCN(SNc1ccc(Cl)c(Cl)c1)C3. The summed E-state index contributed by atoms with van der Waals surface area (Å²) in [5.74, 6) is 0. The fourth-order valence-electron chi connectivity index (χ4n) is 2.94. The van der Waals surface area contributed by atoms with E-state index < -0.39 is 0 Å². The van der Waals surface area contributed by atoms with Gasteiger partial charge < -0.3 is 9.71 Å². The average Bonchev–Trinajstić information content (AvgIpc) is 2.93. The fraction of sp³-hybridized carbons (Fsp3) is 0.176. The Bertz CT molecular complexity index is 909. The molecule has 24 heavy (non-hydrogen) atoms. The monoisotopic (exact) mass is 397 g/mol. The largest absolute Gasteiger partial charge is 0.357 e. The number of hydrogen-bond acceptors (Lipinski definition) is 3. The molecule has 3 nitrogen and oxygen atoms in total. The third-order valence-electron chi connectivity index (χ3n) is 4.11. The molecule has 0 spiro atoms. The second kappa shape index (κ2) is 6.70. The van der Waals surface area contributed by atoms with E-state index in [4.69, 9.17) is 34.8 Å². The maximum atomic E-state index is 6.13. The summed E-state index contributed by atoms with van der Waals surface area (Å²) in [4.78, 5) is 3.51. The topological polar surface area (TPSA) is 31.1 Å². The zero-order valence-electron chi connectivity index (χ0n) is 12.6. The normalized spacial score (nSPS) is 14.8. The van der Waals surface area contributed by atoms with Crippen LogP contribution in [0.15, 0.2) is 36.4 Å². The number of benzene rings is 2. The van der Waals surface area contributed by atoms with E-state index in [2.05, 4.69) is 14.0 Å². The number of fused-ring (bicyclic) bond motifs is 3. The zero-order valence-corrected chi connectivity index (χ0v) is 15.7. The summed E-state index contributed by atoms with van der Waals surface area (Å²) < 4.78 is 5.60. The number of anilines is 1. The number of H-pyrrole nitrogens is 1. The molecule has 2 heterocycles. The van der Waals surface area contributed by atoms with Gasteiger partial charge in [-0.3, -0.25) is 0 Å². The molecule has 2 aromatic carbocycles. The lowest BCUT2D eigenvalue weighted by Gasteiger charge is -2.25. The minimum atomic E-state index is 0.552. The molecule has 0 fully saturated rings. The van der Waals surface area contributed by atoms with Gasteiger partial charge >= 0.3 is 0 Å². The molecule has 0 saturated carbocycles. The maximum absolute atomic E-state index is 6.13. The second-order valence-corrected chi connectivity index (χ2v) is 7.86. The lowest BCUT2D eigenvalue weighted by atomic mass is 10.0. The Balaban J connectivity index is 1.48. The number of nitrogens with zero attached hydrogens (tertiary/aromatic N) is 1. The van der Waals surface area contributed by atoms with Gasteiger partial charge in [-0.1, -0.05) is 34.8 Å². The standard InChI is InChI=1S/C17H14Cl3N3S/c18-10-1-4-16-13(7-10)12-5-6-23(9-17(12)21-16)24-22-11-2-3-14(19)15(20)8-11/h1-4,7-8,21-22H,5-6,9H2. The van der Waals surface area contributed by atoms with Gasteiger partial charge in [-0.25, -0.2) is 4.31 Å². The molecular formula is C17H14Cl3N3S. The minimum Gasteiger partial charge on any atom is -0.357 e. The van der Waals surface area contributed by atoms with Gasteiger partial charge in [0, 0.05) is 46.0 Å². The Morgan fingerprint density at radius 2 is 1.92 bits per heavy atom. The van der Waals surface area contributed by atoms with E-state index in [9.17, 15) is 0 Å². The molecular weight excluding hydrogens is 385 g/mol. The summed E-state index contributed by atoms with van der Waals surface area (Å²) in [5.41, 5.74) is 4.71. The molecule has 0 bridgehead atoms. The molecule has 1 aliphatic heterocycles. The van der Waals surface area contributed by atoms with Crippen LogP contribution in [0.25, 0.3) is 10.9 Å². The Kier molecular flexibility index (Phi) is 4.58. The number of halogens is 3. The number of aromatic nitrogens is 1. The van der Waals surface area contributed by atoms with Crippen LogP contribution in [0.5, 0.6) is 0 Å². The predicted molar refractivity (Wildman–Crippen MR) is 105 cm³/mol. The van der Waals surface area contributed by atoms with Gasteiger partial charge in [0.05, 0.1) is 16.6 Å². The molecule has 124 valence electrons. The molecule has 0 amide bonds. The van der Waals surface area contributed by atoms with E-state index in [1.54, 1.807) is 18.2 Å². The number of nitrogens with one attached hydrogen (secondary N) is 2. The van der Waals surface area contributed by atoms with E-state index >= 15 is 0 Å². The lowest BCUT2D eigenvalue weighted by Crippen LogP contribution is -2.25. The van der Waals surface area contributed by atoms with Crippen molar-refractivity contribution in [3.63, 3.8) is 0 Å². The first-order valence-electron chi connectivity index (χ1n) is 7.52. The first kappa shape index (κ1) is 16.4. The number of hydrogen-bond donors (Lipinski definition) is 2. The molecule has 1 aliphatic rings.